The minimum Gasteiger partial charge on any atom is -0.388 e. The first-order valence-corrected chi connectivity index (χ1v) is 8.82. The SMILES string of the molecule is CNc1ccc(S(=O)(=O)Nc2c(Cl)cc(Br)cc2Cl)cc1. The monoisotopic (exact) mass is 408 g/mol. The van der Waals surface area contributed by atoms with Crippen molar-refractivity contribution in [3.63, 3.8) is 0 Å². The third-order valence-electron chi connectivity index (χ3n) is 2.70. The molecule has 0 aliphatic heterocycles. The largest absolute Gasteiger partial charge is 0.388 e. The molecule has 0 bridgehead atoms. The molecule has 0 unspecified atom stereocenters. The first-order chi connectivity index (χ1) is 9.83. The molecule has 21 heavy (non-hydrogen) atoms. The van der Waals surface area contributed by atoms with Crippen LogP contribution in [0.25, 0.3) is 0 Å². The number of nitrogens with one attached hydrogen (secondary N) is 2. The summed E-state index contributed by atoms with van der Waals surface area (Å²) in [5, 5.41) is 3.34. The molecule has 0 heterocycles. The topological polar surface area (TPSA) is 58.2 Å². The number of benzene rings is 2. The Balaban J connectivity index is 2.37. The highest BCUT2D eigenvalue weighted by molar-refractivity contribution is 9.10. The summed E-state index contributed by atoms with van der Waals surface area (Å²) in [4.78, 5) is 0.122. The summed E-state index contributed by atoms with van der Waals surface area (Å²) in [7, 11) is -2.01. The fraction of sp³-hybridized carbons (Fsp3) is 0.0769. The van der Waals surface area contributed by atoms with Crippen LogP contribution in [0.3, 0.4) is 0 Å². The Morgan fingerprint density at radius 1 is 1.05 bits per heavy atom. The van der Waals surface area contributed by atoms with E-state index in [4.69, 9.17) is 23.2 Å². The molecular weight excluding hydrogens is 399 g/mol. The summed E-state index contributed by atoms with van der Waals surface area (Å²) < 4.78 is 27.7. The zero-order chi connectivity index (χ0) is 15.6. The fourth-order valence-electron chi connectivity index (χ4n) is 1.63. The van der Waals surface area contributed by atoms with E-state index in [9.17, 15) is 8.42 Å². The molecule has 2 rings (SSSR count). The van der Waals surface area contributed by atoms with Gasteiger partial charge in [-0.3, -0.25) is 4.72 Å². The molecule has 0 aliphatic rings. The number of rotatable bonds is 4. The van der Waals surface area contributed by atoms with Crippen LogP contribution in [0.15, 0.2) is 45.8 Å². The van der Waals surface area contributed by atoms with Crippen molar-refractivity contribution in [2.45, 2.75) is 4.90 Å². The predicted octanol–water partition coefficient (Wildman–Crippen LogP) is 4.60. The van der Waals surface area contributed by atoms with Gasteiger partial charge in [-0.05, 0) is 36.4 Å². The molecule has 0 aromatic heterocycles. The number of hydrogen-bond donors (Lipinski definition) is 2. The Morgan fingerprint density at radius 3 is 2.05 bits per heavy atom. The molecule has 0 fully saturated rings. The van der Waals surface area contributed by atoms with Crippen LogP contribution >= 0.6 is 39.1 Å². The van der Waals surface area contributed by atoms with E-state index in [1.165, 1.54) is 12.1 Å². The zero-order valence-corrected chi connectivity index (χ0v) is 14.7. The molecule has 0 amide bonds. The second-order valence-electron chi connectivity index (χ2n) is 4.12. The van der Waals surface area contributed by atoms with E-state index in [0.29, 0.717) is 4.47 Å². The molecule has 112 valence electrons. The van der Waals surface area contributed by atoms with Crippen LogP contribution in [-0.2, 0) is 10.0 Å². The number of halogens is 3. The van der Waals surface area contributed by atoms with Gasteiger partial charge in [0, 0.05) is 17.2 Å². The molecule has 2 aromatic rings. The Morgan fingerprint density at radius 2 is 1.57 bits per heavy atom. The van der Waals surface area contributed by atoms with E-state index in [0.717, 1.165) is 5.69 Å². The summed E-state index contributed by atoms with van der Waals surface area (Å²) in [5.74, 6) is 0. The van der Waals surface area contributed by atoms with Crippen molar-refractivity contribution in [2.75, 3.05) is 17.1 Å². The molecule has 2 N–H and O–H groups in total. The Bertz CT molecular complexity index is 741. The van der Waals surface area contributed by atoms with E-state index in [-0.39, 0.29) is 20.6 Å². The standard InChI is InChI=1S/C13H11BrCl2N2O2S/c1-17-9-2-4-10(5-3-9)21(19,20)18-13-11(15)6-8(14)7-12(13)16/h2-7,17-18H,1H3. The van der Waals surface area contributed by atoms with Crippen molar-refractivity contribution >= 4 is 60.5 Å². The van der Waals surface area contributed by atoms with Crippen LogP contribution in [0.1, 0.15) is 0 Å². The molecule has 0 saturated heterocycles. The summed E-state index contributed by atoms with van der Waals surface area (Å²) in [6, 6.07) is 9.45. The lowest BCUT2D eigenvalue weighted by atomic mass is 10.3. The summed E-state index contributed by atoms with van der Waals surface area (Å²) >= 11 is 15.3. The van der Waals surface area contributed by atoms with Crippen molar-refractivity contribution in [3.05, 3.63) is 50.9 Å². The van der Waals surface area contributed by atoms with Crippen LogP contribution in [0, 0.1) is 0 Å². The molecule has 0 radical (unpaired) electrons. The lowest BCUT2D eigenvalue weighted by Gasteiger charge is -2.12. The highest BCUT2D eigenvalue weighted by atomic mass is 79.9. The maximum Gasteiger partial charge on any atom is 0.261 e. The first-order valence-electron chi connectivity index (χ1n) is 5.78. The molecule has 0 aliphatic carbocycles. The number of anilines is 2. The van der Waals surface area contributed by atoms with Gasteiger partial charge in [0.15, 0.2) is 0 Å². The zero-order valence-electron chi connectivity index (χ0n) is 10.8. The van der Waals surface area contributed by atoms with Crippen molar-refractivity contribution in [2.24, 2.45) is 0 Å². The Labute approximate surface area is 141 Å². The smallest absolute Gasteiger partial charge is 0.261 e. The van der Waals surface area contributed by atoms with Gasteiger partial charge < -0.3 is 5.32 Å². The normalized spacial score (nSPS) is 11.2. The van der Waals surface area contributed by atoms with Crippen molar-refractivity contribution in [1.82, 2.24) is 0 Å². The van der Waals surface area contributed by atoms with Gasteiger partial charge in [0.25, 0.3) is 10.0 Å². The van der Waals surface area contributed by atoms with Gasteiger partial charge in [0.05, 0.1) is 20.6 Å². The predicted molar refractivity (Wildman–Crippen MR) is 91.0 cm³/mol. The van der Waals surface area contributed by atoms with Crippen LogP contribution in [0.2, 0.25) is 10.0 Å². The van der Waals surface area contributed by atoms with E-state index in [1.807, 2.05) is 0 Å². The summed E-state index contributed by atoms with van der Waals surface area (Å²) in [6.45, 7) is 0. The summed E-state index contributed by atoms with van der Waals surface area (Å²) in [6.07, 6.45) is 0. The van der Waals surface area contributed by atoms with Gasteiger partial charge in [0.1, 0.15) is 0 Å². The quantitative estimate of drug-likeness (QED) is 0.775. The van der Waals surface area contributed by atoms with E-state index >= 15 is 0 Å². The third kappa shape index (κ3) is 3.83. The van der Waals surface area contributed by atoms with E-state index in [1.54, 1.807) is 31.3 Å². The maximum absolute atomic E-state index is 12.3. The molecule has 0 saturated carbocycles. The third-order valence-corrected chi connectivity index (χ3v) is 5.12. The second kappa shape index (κ2) is 6.44. The molecule has 8 heteroatoms. The van der Waals surface area contributed by atoms with E-state index in [2.05, 4.69) is 26.0 Å². The molecule has 0 atom stereocenters. The van der Waals surface area contributed by atoms with Crippen LogP contribution in [-0.4, -0.2) is 15.5 Å². The summed E-state index contributed by atoms with van der Waals surface area (Å²) in [5.41, 5.74) is 0.966. The van der Waals surface area contributed by atoms with Crippen LogP contribution in [0.5, 0.6) is 0 Å². The number of hydrogen-bond acceptors (Lipinski definition) is 3. The van der Waals surface area contributed by atoms with Crippen LogP contribution in [0.4, 0.5) is 11.4 Å². The van der Waals surface area contributed by atoms with Crippen molar-refractivity contribution in [1.29, 1.82) is 0 Å². The van der Waals surface area contributed by atoms with E-state index < -0.39 is 10.0 Å². The highest BCUT2D eigenvalue weighted by Gasteiger charge is 2.18. The van der Waals surface area contributed by atoms with Gasteiger partial charge in [0.2, 0.25) is 0 Å². The average Bonchev–Trinajstić information content (AvgIpc) is 2.43. The molecular formula is C13H11BrCl2N2O2S. The average molecular weight is 410 g/mol. The van der Waals surface area contributed by atoms with Gasteiger partial charge in [-0.1, -0.05) is 39.1 Å². The van der Waals surface area contributed by atoms with Gasteiger partial charge in [-0.25, -0.2) is 8.42 Å². The Hall–Kier alpha value is -0.950. The minimum atomic E-state index is -3.76. The maximum atomic E-state index is 12.3. The molecule has 2 aromatic carbocycles. The molecule has 0 spiro atoms. The second-order valence-corrected chi connectivity index (χ2v) is 7.54. The van der Waals surface area contributed by atoms with Gasteiger partial charge in [-0.2, -0.15) is 0 Å². The Kier molecular flexibility index (Phi) is 5.03. The minimum absolute atomic E-state index is 0.122. The van der Waals surface area contributed by atoms with Crippen molar-refractivity contribution in [3.8, 4) is 0 Å². The lowest BCUT2D eigenvalue weighted by molar-refractivity contribution is 0.601. The van der Waals surface area contributed by atoms with Crippen molar-refractivity contribution < 1.29 is 8.42 Å². The highest BCUT2D eigenvalue weighted by Crippen LogP contribution is 2.35. The van der Waals surface area contributed by atoms with Gasteiger partial charge >= 0.3 is 0 Å². The lowest BCUT2D eigenvalue weighted by Crippen LogP contribution is -2.13. The first kappa shape index (κ1) is 16.4. The molecule has 4 nitrogen and oxygen atoms in total. The van der Waals surface area contributed by atoms with Gasteiger partial charge in [-0.15, -0.1) is 0 Å². The number of sulfonamides is 1. The fourth-order valence-corrected chi connectivity index (χ4v) is 4.15. The van der Waals surface area contributed by atoms with Crippen LogP contribution < -0.4 is 10.0 Å².